The molecule has 0 saturated heterocycles. The molecule has 0 radical (unpaired) electrons. The highest BCUT2D eigenvalue weighted by atomic mass is 19.4. The van der Waals surface area contributed by atoms with E-state index in [-0.39, 0.29) is 11.3 Å². The molecular formula is C26H19F3N2O4. The van der Waals surface area contributed by atoms with E-state index >= 15 is 0 Å². The van der Waals surface area contributed by atoms with Crippen molar-refractivity contribution >= 4 is 28.5 Å². The maximum absolute atomic E-state index is 12.9. The number of amides is 1. The minimum atomic E-state index is -4.54. The summed E-state index contributed by atoms with van der Waals surface area (Å²) in [5, 5.41) is 2.84. The van der Waals surface area contributed by atoms with Gasteiger partial charge in [0.05, 0.1) is 29.4 Å². The first-order chi connectivity index (χ1) is 16.7. The highest BCUT2D eigenvalue weighted by molar-refractivity contribution is 6.05. The molecule has 0 spiro atoms. The Morgan fingerprint density at radius 3 is 2.40 bits per heavy atom. The maximum atomic E-state index is 12.9. The molecule has 4 rings (SSSR count). The molecule has 1 N–H and O–H groups in total. The molecule has 0 aliphatic carbocycles. The van der Waals surface area contributed by atoms with E-state index in [0.717, 1.165) is 17.7 Å². The van der Waals surface area contributed by atoms with E-state index < -0.39 is 30.2 Å². The third-order valence-electron chi connectivity index (χ3n) is 5.13. The van der Waals surface area contributed by atoms with Gasteiger partial charge in [-0.3, -0.25) is 4.79 Å². The number of benzene rings is 3. The topological polar surface area (TPSA) is 77.5 Å². The van der Waals surface area contributed by atoms with Crippen molar-refractivity contribution in [1.29, 1.82) is 0 Å². The first kappa shape index (κ1) is 23.7. The number of para-hydroxylation sites is 1. The van der Waals surface area contributed by atoms with Gasteiger partial charge in [0.15, 0.2) is 6.61 Å². The summed E-state index contributed by atoms with van der Waals surface area (Å²) in [6, 6.07) is 19.9. The highest BCUT2D eigenvalue weighted by Gasteiger charge is 2.30. The van der Waals surface area contributed by atoms with Crippen LogP contribution < -0.4 is 10.1 Å². The molecular weight excluding hydrogens is 461 g/mol. The summed E-state index contributed by atoms with van der Waals surface area (Å²) in [6.07, 6.45) is -4.54. The number of methoxy groups -OCH3 is 1. The average molecular weight is 480 g/mol. The third-order valence-corrected chi connectivity index (χ3v) is 5.13. The van der Waals surface area contributed by atoms with Crippen molar-refractivity contribution in [2.75, 3.05) is 19.0 Å². The van der Waals surface area contributed by atoms with Crippen LogP contribution in [0.5, 0.6) is 5.75 Å². The summed E-state index contributed by atoms with van der Waals surface area (Å²) < 4.78 is 49.0. The van der Waals surface area contributed by atoms with E-state index in [4.69, 9.17) is 9.47 Å². The predicted molar refractivity (Wildman–Crippen MR) is 124 cm³/mol. The molecule has 3 aromatic carbocycles. The number of hydrogen-bond donors (Lipinski definition) is 1. The van der Waals surface area contributed by atoms with E-state index in [1.165, 1.54) is 12.1 Å². The van der Waals surface area contributed by atoms with E-state index in [1.54, 1.807) is 61.7 Å². The fourth-order valence-electron chi connectivity index (χ4n) is 3.43. The van der Waals surface area contributed by atoms with Crippen molar-refractivity contribution in [2.45, 2.75) is 6.18 Å². The van der Waals surface area contributed by atoms with Crippen LogP contribution in [0, 0.1) is 0 Å². The van der Waals surface area contributed by atoms with E-state index in [0.29, 0.717) is 22.3 Å². The van der Waals surface area contributed by atoms with E-state index in [9.17, 15) is 22.8 Å². The second kappa shape index (κ2) is 9.84. The summed E-state index contributed by atoms with van der Waals surface area (Å²) in [5.41, 5.74) is 1.06. The van der Waals surface area contributed by atoms with Gasteiger partial charge in [0, 0.05) is 16.6 Å². The van der Waals surface area contributed by atoms with Crippen LogP contribution in [-0.2, 0) is 15.7 Å². The van der Waals surface area contributed by atoms with Crippen LogP contribution in [0.15, 0.2) is 78.9 Å². The van der Waals surface area contributed by atoms with Gasteiger partial charge in [0.25, 0.3) is 5.91 Å². The van der Waals surface area contributed by atoms with E-state index in [1.807, 2.05) is 0 Å². The SMILES string of the molecule is COc1ccc(-c2cc(C(=O)OCC(=O)Nc3cccc(C(F)(F)F)c3)c3ccccc3n2)cc1. The van der Waals surface area contributed by atoms with Crippen molar-refractivity contribution in [3.05, 3.63) is 90.0 Å². The second-order valence-corrected chi connectivity index (χ2v) is 7.50. The Morgan fingerprint density at radius 1 is 0.943 bits per heavy atom. The number of nitrogens with one attached hydrogen (secondary N) is 1. The number of fused-ring (bicyclic) bond motifs is 1. The Bertz CT molecular complexity index is 1390. The van der Waals surface area contributed by atoms with E-state index in [2.05, 4.69) is 10.3 Å². The molecule has 1 aromatic heterocycles. The molecule has 0 aliphatic heterocycles. The third kappa shape index (κ3) is 5.57. The van der Waals surface area contributed by atoms with Crippen LogP contribution in [0.2, 0.25) is 0 Å². The number of ether oxygens (including phenoxy) is 2. The standard InChI is InChI=1S/C26H19F3N2O4/c1-34-19-11-9-16(10-12-19)23-14-21(20-7-2-3-8-22(20)31-23)25(33)35-15-24(32)30-18-6-4-5-17(13-18)26(27,28)29/h2-14H,15H2,1H3,(H,30,32). The lowest BCUT2D eigenvalue weighted by Gasteiger charge is -2.12. The first-order valence-electron chi connectivity index (χ1n) is 10.4. The lowest BCUT2D eigenvalue weighted by atomic mass is 10.0. The number of hydrogen-bond acceptors (Lipinski definition) is 5. The number of aromatic nitrogens is 1. The zero-order chi connectivity index (χ0) is 25.0. The van der Waals surface area contributed by atoms with Crippen molar-refractivity contribution in [1.82, 2.24) is 4.98 Å². The largest absolute Gasteiger partial charge is 0.497 e. The Hall–Kier alpha value is -4.40. The molecule has 1 amide bonds. The summed E-state index contributed by atoms with van der Waals surface area (Å²) >= 11 is 0. The number of pyridine rings is 1. The van der Waals surface area contributed by atoms with Gasteiger partial charge < -0.3 is 14.8 Å². The van der Waals surface area contributed by atoms with Crippen LogP contribution in [0.1, 0.15) is 15.9 Å². The van der Waals surface area contributed by atoms with Gasteiger partial charge in [-0.25, -0.2) is 9.78 Å². The molecule has 6 nitrogen and oxygen atoms in total. The monoisotopic (exact) mass is 480 g/mol. The number of nitrogens with zero attached hydrogens (tertiary/aromatic N) is 1. The lowest BCUT2D eigenvalue weighted by molar-refractivity contribution is -0.137. The van der Waals surface area contributed by atoms with Gasteiger partial charge in [-0.1, -0.05) is 24.3 Å². The van der Waals surface area contributed by atoms with Gasteiger partial charge in [0.1, 0.15) is 5.75 Å². The molecule has 0 atom stereocenters. The minimum Gasteiger partial charge on any atom is -0.497 e. The van der Waals surface area contributed by atoms with Crippen LogP contribution in [0.25, 0.3) is 22.2 Å². The Labute approximate surface area is 198 Å². The molecule has 0 saturated carbocycles. The molecule has 1 heterocycles. The fourth-order valence-corrected chi connectivity index (χ4v) is 3.43. The molecule has 0 unspecified atom stereocenters. The van der Waals surface area contributed by atoms with Crippen molar-refractivity contribution in [3.8, 4) is 17.0 Å². The van der Waals surface area contributed by atoms with Crippen LogP contribution in [-0.4, -0.2) is 30.6 Å². The number of carbonyl (C=O) groups excluding carboxylic acids is 2. The summed E-state index contributed by atoms with van der Waals surface area (Å²) in [5.74, 6) is -0.870. The molecule has 0 aliphatic rings. The molecule has 4 aromatic rings. The predicted octanol–water partition coefficient (Wildman–Crippen LogP) is 5.72. The number of rotatable bonds is 6. The van der Waals surface area contributed by atoms with Crippen LogP contribution in [0.4, 0.5) is 18.9 Å². The Balaban J connectivity index is 1.53. The van der Waals surface area contributed by atoms with Crippen molar-refractivity contribution < 1.29 is 32.2 Å². The molecule has 0 fully saturated rings. The summed E-state index contributed by atoms with van der Waals surface area (Å²) in [4.78, 5) is 29.7. The quantitative estimate of drug-likeness (QED) is 0.357. The van der Waals surface area contributed by atoms with Gasteiger partial charge in [0.2, 0.25) is 0 Å². The van der Waals surface area contributed by atoms with Crippen LogP contribution >= 0.6 is 0 Å². The van der Waals surface area contributed by atoms with Gasteiger partial charge in [-0.15, -0.1) is 0 Å². The molecule has 178 valence electrons. The average Bonchev–Trinajstić information content (AvgIpc) is 2.86. The number of alkyl halides is 3. The molecule has 9 heteroatoms. The number of anilines is 1. The first-order valence-corrected chi connectivity index (χ1v) is 10.4. The Kier molecular flexibility index (Phi) is 6.68. The maximum Gasteiger partial charge on any atom is 0.416 e. The number of halogens is 3. The van der Waals surface area contributed by atoms with Gasteiger partial charge in [-0.2, -0.15) is 13.2 Å². The smallest absolute Gasteiger partial charge is 0.416 e. The number of esters is 1. The zero-order valence-electron chi connectivity index (χ0n) is 18.4. The van der Waals surface area contributed by atoms with Gasteiger partial charge in [-0.05, 0) is 54.6 Å². The zero-order valence-corrected chi connectivity index (χ0v) is 18.4. The van der Waals surface area contributed by atoms with Gasteiger partial charge >= 0.3 is 12.1 Å². The van der Waals surface area contributed by atoms with Crippen molar-refractivity contribution in [2.24, 2.45) is 0 Å². The summed E-state index contributed by atoms with van der Waals surface area (Å²) in [6.45, 7) is -0.677. The second-order valence-electron chi connectivity index (χ2n) is 7.50. The van der Waals surface area contributed by atoms with Crippen molar-refractivity contribution in [3.63, 3.8) is 0 Å². The lowest BCUT2D eigenvalue weighted by Crippen LogP contribution is -2.21. The Morgan fingerprint density at radius 2 is 1.69 bits per heavy atom. The molecule has 0 bridgehead atoms. The minimum absolute atomic E-state index is 0.0583. The van der Waals surface area contributed by atoms with Crippen LogP contribution in [0.3, 0.4) is 0 Å². The normalized spacial score (nSPS) is 11.2. The fraction of sp³-hybridized carbons (Fsp3) is 0.115. The molecule has 35 heavy (non-hydrogen) atoms. The number of carbonyl (C=O) groups is 2. The summed E-state index contributed by atoms with van der Waals surface area (Å²) in [7, 11) is 1.56. The highest BCUT2D eigenvalue weighted by Crippen LogP contribution is 2.31.